The smallest absolute Gasteiger partial charge is 0.326 e. The fourth-order valence-corrected chi connectivity index (χ4v) is 1.50. The van der Waals surface area contributed by atoms with Crippen molar-refractivity contribution in [2.45, 2.75) is 37.8 Å². The molecular formula is C11H18N2O7. The Bertz CT molecular complexity index is 396. The van der Waals surface area contributed by atoms with Crippen LogP contribution in [0, 0.1) is 0 Å². The van der Waals surface area contributed by atoms with E-state index in [1.165, 1.54) is 7.05 Å². The first-order valence-electron chi connectivity index (χ1n) is 5.85. The highest BCUT2D eigenvalue weighted by atomic mass is 16.4. The van der Waals surface area contributed by atoms with E-state index in [0.717, 1.165) is 4.90 Å². The molecule has 0 fully saturated rings. The minimum Gasteiger partial charge on any atom is -0.481 e. The number of amides is 1. The van der Waals surface area contributed by atoms with Crippen LogP contribution in [0.5, 0.6) is 0 Å². The molecule has 0 heterocycles. The molecule has 9 nitrogen and oxygen atoms in total. The van der Waals surface area contributed by atoms with Gasteiger partial charge in [0.25, 0.3) is 0 Å². The van der Waals surface area contributed by atoms with Gasteiger partial charge in [-0.15, -0.1) is 0 Å². The number of carboxylic acids is 3. The molecule has 0 spiro atoms. The number of likely N-dealkylation sites (N-methyl/N-ethyl adjacent to an activating group) is 1. The van der Waals surface area contributed by atoms with Gasteiger partial charge in [-0.25, -0.2) is 4.79 Å². The molecule has 0 saturated heterocycles. The van der Waals surface area contributed by atoms with Crippen molar-refractivity contribution in [3.8, 4) is 0 Å². The zero-order chi connectivity index (χ0) is 15.9. The topological polar surface area (TPSA) is 158 Å². The SMILES string of the molecule is CN(C(=O)CC[C@H](N)C(=O)O)[C@H](CCC(=O)O)C(=O)O. The van der Waals surface area contributed by atoms with Gasteiger partial charge in [0, 0.05) is 19.9 Å². The molecule has 0 bridgehead atoms. The predicted molar refractivity (Wildman–Crippen MR) is 65.9 cm³/mol. The summed E-state index contributed by atoms with van der Waals surface area (Å²) >= 11 is 0. The van der Waals surface area contributed by atoms with Crippen molar-refractivity contribution >= 4 is 23.8 Å². The van der Waals surface area contributed by atoms with E-state index in [0.29, 0.717) is 0 Å². The van der Waals surface area contributed by atoms with Crippen LogP contribution in [0.1, 0.15) is 25.7 Å². The van der Waals surface area contributed by atoms with E-state index < -0.39 is 35.9 Å². The van der Waals surface area contributed by atoms with Gasteiger partial charge in [0.15, 0.2) is 0 Å². The van der Waals surface area contributed by atoms with E-state index in [1.54, 1.807) is 0 Å². The second kappa shape index (κ2) is 8.10. The van der Waals surface area contributed by atoms with Crippen molar-refractivity contribution in [2.24, 2.45) is 5.73 Å². The van der Waals surface area contributed by atoms with E-state index in [-0.39, 0.29) is 25.7 Å². The van der Waals surface area contributed by atoms with E-state index in [1.807, 2.05) is 0 Å². The lowest BCUT2D eigenvalue weighted by molar-refractivity contribution is -0.150. The molecule has 0 radical (unpaired) electrons. The highest BCUT2D eigenvalue weighted by Gasteiger charge is 2.27. The van der Waals surface area contributed by atoms with Gasteiger partial charge in [0.2, 0.25) is 5.91 Å². The summed E-state index contributed by atoms with van der Waals surface area (Å²) in [6, 6.07) is -2.46. The van der Waals surface area contributed by atoms with Gasteiger partial charge < -0.3 is 26.0 Å². The lowest BCUT2D eigenvalue weighted by atomic mass is 10.1. The fraction of sp³-hybridized carbons (Fsp3) is 0.636. The Labute approximate surface area is 115 Å². The quantitative estimate of drug-likeness (QED) is 0.419. The first kappa shape index (κ1) is 17.8. The number of carbonyl (C=O) groups is 4. The molecule has 9 heteroatoms. The average Bonchev–Trinajstić information content (AvgIpc) is 2.34. The molecule has 0 unspecified atom stereocenters. The molecule has 1 amide bonds. The van der Waals surface area contributed by atoms with Crippen molar-refractivity contribution in [2.75, 3.05) is 7.05 Å². The number of aliphatic carboxylic acids is 3. The molecule has 0 rings (SSSR count). The number of nitrogens with two attached hydrogens (primary N) is 1. The predicted octanol–water partition coefficient (Wildman–Crippen LogP) is -1.05. The first-order chi connectivity index (χ1) is 9.16. The van der Waals surface area contributed by atoms with Gasteiger partial charge in [-0.2, -0.15) is 0 Å². The minimum absolute atomic E-state index is 0.121. The summed E-state index contributed by atoms with van der Waals surface area (Å²) in [5, 5.41) is 26.1. The summed E-state index contributed by atoms with van der Waals surface area (Å²) in [5.41, 5.74) is 5.23. The third-order valence-corrected chi connectivity index (χ3v) is 2.76. The number of rotatable bonds is 9. The number of hydrogen-bond donors (Lipinski definition) is 4. The van der Waals surface area contributed by atoms with Gasteiger partial charge in [-0.3, -0.25) is 14.4 Å². The maximum atomic E-state index is 11.7. The summed E-state index contributed by atoms with van der Waals surface area (Å²) in [6.45, 7) is 0. The van der Waals surface area contributed by atoms with Crippen LogP contribution in [0.4, 0.5) is 0 Å². The van der Waals surface area contributed by atoms with Crippen LogP contribution in [0.2, 0.25) is 0 Å². The van der Waals surface area contributed by atoms with Crippen molar-refractivity contribution in [3.05, 3.63) is 0 Å². The molecule has 0 aliphatic carbocycles. The summed E-state index contributed by atoms with van der Waals surface area (Å²) in [6.07, 6.45) is -0.953. The van der Waals surface area contributed by atoms with Crippen molar-refractivity contribution < 1.29 is 34.5 Å². The Kier molecular flexibility index (Phi) is 7.22. The van der Waals surface area contributed by atoms with Gasteiger partial charge in [0.05, 0.1) is 0 Å². The Hall–Kier alpha value is -2.16. The minimum atomic E-state index is -1.32. The monoisotopic (exact) mass is 290 g/mol. The zero-order valence-electron chi connectivity index (χ0n) is 11.0. The van der Waals surface area contributed by atoms with Crippen LogP contribution < -0.4 is 5.73 Å². The molecule has 20 heavy (non-hydrogen) atoms. The van der Waals surface area contributed by atoms with Crippen LogP contribution in [0.25, 0.3) is 0 Å². The lowest BCUT2D eigenvalue weighted by Crippen LogP contribution is -2.43. The molecule has 0 aromatic rings. The Morgan fingerprint density at radius 2 is 1.55 bits per heavy atom. The first-order valence-corrected chi connectivity index (χ1v) is 5.85. The zero-order valence-corrected chi connectivity index (χ0v) is 11.0. The Morgan fingerprint density at radius 3 is 1.95 bits per heavy atom. The van der Waals surface area contributed by atoms with Gasteiger partial charge in [-0.1, -0.05) is 0 Å². The van der Waals surface area contributed by atoms with E-state index >= 15 is 0 Å². The van der Waals surface area contributed by atoms with Crippen molar-refractivity contribution in [1.29, 1.82) is 0 Å². The standard InChI is InChI=1S/C11H18N2O7/c1-13(7(11(19)20)3-5-9(15)16)8(14)4-2-6(12)10(17)18/h6-7H,2-5,12H2,1H3,(H,15,16)(H,17,18)(H,19,20)/t6-,7+/m0/s1. The number of carboxylic acid groups (broad SMARTS) is 3. The molecule has 114 valence electrons. The third-order valence-electron chi connectivity index (χ3n) is 2.76. The maximum absolute atomic E-state index is 11.7. The molecular weight excluding hydrogens is 272 g/mol. The fourth-order valence-electron chi connectivity index (χ4n) is 1.50. The van der Waals surface area contributed by atoms with Crippen LogP contribution in [0.3, 0.4) is 0 Å². The third kappa shape index (κ3) is 6.14. The summed E-state index contributed by atoms with van der Waals surface area (Å²) in [7, 11) is 1.23. The second-order valence-electron chi connectivity index (χ2n) is 4.27. The number of hydrogen-bond acceptors (Lipinski definition) is 5. The van der Waals surface area contributed by atoms with Crippen molar-refractivity contribution in [1.82, 2.24) is 4.90 Å². The van der Waals surface area contributed by atoms with Crippen LogP contribution in [-0.4, -0.2) is 63.2 Å². The van der Waals surface area contributed by atoms with E-state index in [2.05, 4.69) is 0 Å². The van der Waals surface area contributed by atoms with Crippen LogP contribution >= 0.6 is 0 Å². The largest absolute Gasteiger partial charge is 0.481 e. The van der Waals surface area contributed by atoms with E-state index in [4.69, 9.17) is 21.1 Å². The maximum Gasteiger partial charge on any atom is 0.326 e. The van der Waals surface area contributed by atoms with Crippen LogP contribution in [-0.2, 0) is 19.2 Å². The summed E-state index contributed by atoms with van der Waals surface area (Å²) < 4.78 is 0. The highest BCUT2D eigenvalue weighted by molar-refractivity contribution is 5.84. The molecule has 5 N–H and O–H groups in total. The lowest BCUT2D eigenvalue weighted by Gasteiger charge is -2.24. The summed E-state index contributed by atoms with van der Waals surface area (Å²) in [5.74, 6) is -4.32. The summed E-state index contributed by atoms with van der Waals surface area (Å²) in [4.78, 5) is 44.6. The normalized spacial score (nSPS) is 13.3. The van der Waals surface area contributed by atoms with Crippen LogP contribution in [0.15, 0.2) is 0 Å². The van der Waals surface area contributed by atoms with E-state index in [9.17, 15) is 19.2 Å². The van der Waals surface area contributed by atoms with Gasteiger partial charge >= 0.3 is 17.9 Å². The van der Waals surface area contributed by atoms with Gasteiger partial charge in [-0.05, 0) is 12.8 Å². The average molecular weight is 290 g/mol. The molecule has 0 aliphatic rings. The molecule has 2 atom stereocenters. The molecule has 0 aliphatic heterocycles. The molecule has 0 aromatic heterocycles. The number of carbonyl (C=O) groups excluding carboxylic acids is 1. The number of nitrogens with zero attached hydrogens (tertiary/aromatic N) is 1. The highest BCUT2D eigenvalue weighted by Crippen LogP contribution is 2.09. The van der Waals surface area contributed by atoms with Crippen molar-refractivity contribution in [3.63, 3.8) is 0 Å². The van der Waals surface area contributed by atoms with Gasteiger partial charge in [0.1, 0.15) is 12.1 Å². The second-order valence-corrected chi connectivity index (χ2v) is 4.27. The molecule has 0 saturated carbocycles. The Balaban J connectivity index is 4.52. The molecule has 0 aromatic carbocycles. The Morgan fingerprint density at radius 1 is 1.00 bits per heavy atom.